The monoisotopic (exact) mass is 523 g/mol. The van der Waals surface area contributed by atoms with E-state index in [0.29, 0.717) is 26.1 Å². The zero-order valence-corrected chi connectivity index (χ0v) is 22.7. The molecular formula is C29H38FN5O3. The number of benzene rings is 1. The van der Waals surface area contributed by atoms with Crippen molar-refractivity contribution in [2.45, 2.75) is 57.7 Å². The SMILES string of the molecule is CC1CN(C[C@H]2CN[C@H](C)CN2CC(=O)N2CC(C)(C)c3cnc(Cc4ccc(F)cc4)cc32)C(=O)CO1. The Balaban J connectivity index is 1.33. The Labute approximate surface area is 224 Å². The first-order chi connectivity index (χ1) is 18.1. The Morgan fingerprint density at radius 1 is 1.21 bits per heavy atom. The number of ether oxygens (including phenoxy) is 1. The van der Waals surface area contributed by atoms with Gasteiger partial charge in [0.05, 0.1) is 18.3 Å². The number of piperazine rings is 1. The third kappa shape index (κ3) is 5.75. The normalized spacial score (nSPS) is 25.5. The second-order valence-corrected chi connectivity index (χ2v) is 11.7. The van der Waals surface area contributed by atoms with Gasteiger partial charge < -0.3 is 19.9 Å². The van der Waals surface area contributed by atoms with E-state index in [4.69, 9.17) is 4.74 Å². The van der Waals surface area contributed by atoms with Gasteiger partial charge >= 0.3 is 0 Å². The first-order valence-corrected chi connectivity index (χ1v) is 13.5. The lowest BCUT2D eigenvalue weighted by Gasteiger charge is -2.43. The zero-order valence-electron chi connectivity index (χ0n) is 22.7. The van der Waals surface area contributed by atoms with Crippen LogP contribution in [0.1, 0.15) is 44.5 Å². The summed E-state index contributed by atoms with van der Waals surface area (Å²) in [5.41, 5.74) is 3.58. The van der Waals surface area contributed by atoms with Gasteiger partial charge in [-0.05, 0) is 37.6 Å². The van der Waals surface area contributed by atoms with Gasteiger partial charge in [-0.15, -0.1) is 0 Å². The number of hydrogen-bond acceptors (Lipinski definition) is 6. The zero-order chi connectivity index (χ0) is 27.0. The van der Waals surface area contributed by atoms with E-state index in [9.17, 15) is 14.0 Å². The van der Waals surface area contributed by atoms with Crippen LogP contribution in [0.3, 0.4) is 0 Å². The number of nitrogens with zero attached hydrogens (tertiary/aromatic N) is 4. The number of aromatic nitrogens is 1. The minimum absolute atomic E-state index is 0.00408. The molecule has 5 rings (SSSR count). The van der Waals surface area contributed by atoms with E-state index in [0.717, 1.165) is 35.6 Å². The second-order valence-electron chi connectivity index (χ2n) is 11.7. The van der Waals surface area contributed by atoms with Crippen molar-refractivity contribution in [3.8, 4) is 0 Å². The van der Waals surface area contributed by atoms with Gasteiger partial charge in [-0.25, -0.2) is 4.39 Å². The molecule has 0 radical (unpaired) electrons. The van der Waals surface area contributed by atoms with Crippen molar-refractivity contribution in [3.63, 3.8) is 0 Å². The van der Waals surface area contributed by atoms with Crippen LogP contribution in [-0.4, -0.2) is 90.7 Å². The maximum atomic E-state index is 13.8. The van der Waals surface area contributed by atoms with Gasteiger partial charge in [0.25, 0.3) is 0 Å². The highest BCUT2D eigenvalue weighted by Gasteiger charge is 2.40. The molecule has 1 aromatic heterocycles. The van der Waals surface area contributed by atoms with E-state index < -0.39 is 0 Å². The van der Waals surface area contributed by atoms with Crippen LogP contribution in [0.4, 0.5) is 10.1 Å². The predicted octanol–water partition coefficient (Wildman–Crippen LogP) is 2.35. The highest BCUT2D eigenvalue weighted by Crippen LogP contribution is 2.40. The molecule has 2 amide bonds. The smallest absolute Gasteiger partial charge is 0.248 e. The largest absolute Gasteiger partial charge is 0.367 e. The number of anilines is 1. The summed E-state index contributed by atoms with van der Waals surface area (Å²) >= 11 is 0. The number of carbonyl (C=O) groups excluding carboxylic acids is 2. The van der Waals surface area contributed by atoms with Crippen LogP contribution in [-0.2, 0) is 26.2 Å². The molecule has 2 saturated heterocycles. The van der Waals surface area contributed by atoms with E-state index in [1.165, 1.54) is 12.1 Å². The standard InChI is InChI=1S/C29H38FN5O3/c1-19-13-33(24(11-31-19)15-34-14-20(2)38-17-28(34)37)16-27(36)35-18-29(3,4)25-12-32-23(10-26(25)35)9-21-5-7-22(30)8-6-21/h5-8,10,12,19-20,24,31H,9,11,13-18H2,1-4H3/t19-,20?,24-/m1/s1. The number of amides is 2. The van der Waals surface area contributed by atoms with Crippen LogP contribution in [0.25, 0.3) is 0 Å². The topological polar surface area (TPSA) is 78.0 Å². The second kappa shape index (κ2) is 10.7. The lowest BCUT2D eigenvalue weighted by Crippen LogP contribution is -2.62. The molecule has 9 heteroatoms. The van der Waals surface area contributed by atoms with Crippen molar-refractivity contribution < 1.29 is 18.7 Å². The highest BCUT2D eigenvalue weighted by atomic mass is 19.1. The molecule has 1 unspecified atom stereocenters. The molecule has 204 valence electrons. The number of hydrogen-bond donors (Lipinski definition) is 1. The van der Waals surface area contributed by atoms with E-state index >= 15 is 0 Å². The van der Waals surface area contributed by atoms with Crippen molar-refractivity contribution in [1.29, 1.82) is 0 Å². The summed E-state index contributed by atoms with van der Waals surface area (Å²) in [6, 6.07) is 8.76. The molecule has 0 bridgehead atoms. The molecule has 3 aliphatic rings. The number of rotatable bonds is 6. The predicted molar refractivity (Wildman–Crippen MR) is 144 cm³/mol. The lowest BCUT2D eigenvalue weighted by atomic mass is 9.88. The summed E-state index contributed by atoms with van der Waals surface area (Å²) in [5.74, 6) is -0.205. The third-order valence-electron chi connectivity index (χ3n) is 7.93. The average molecular weight is 524 g/mol. The molecule has 3 atom stereocenters. The Kier molecular flexibility index (Phi) is 7.53. The molecular weight excluding hydrogens is 485 g/mol. The van der Waals surface area contributed by atoms with Crippen LogP contribution in [0, 0.1) is 5.82 Å². The number of pyridine rings is 1. The molecule has 1 aromatic carbocycles. The Bertz CT molecular complexity index is 1190. The van der Waals surface area contributed by atoms with Gasteiger partial charge in [-0.3, -0.25) is 19.5 Å². The Morgan fingerprint density at radius 3 is 2.74 bits per heavy atom. The molecule has 2 fully saturated rings. The van der Waals surface area contributed by atoms with Crippen molar-refractivity contribution in [3.05, 3.63) is 59.2 Å². The average Bonchev–Trinajstić information content (AvgIpc) is 3.14. The van der Waals surface area contributed by atoms with Crippen molar-refractivity contribution in [1.82, 2.24) is 20.1 Å². The van der Waals surface area contributed by atoms with Crippen LogP contribution in [0.15, 0.2) is 36.5 Å². The minimum Gasteiger partial charge on any atom is -0.367 e. The maximum Gasteiger partial charge on any atom is 0.248 e. The lowest BCUT2D eigenvalue weighted by molar-refractivity contribution is -0.149. The molecule has 0 saturated carbocycles. The van der Waals surface area contributed by atoms with Crippen molar-refractivity contribution in [2.75, 3.05) is 50.8 Å². The third-order valence-corrected chi connectivity index (χ3v) is 7.93. The first kappa shape index (κ1) is 26.7. The summed E-state index contributed by atoms with van der Waals surface area (Å²) < 4.78 is 18.8. The molecule has 0 aliphatic carbocycles. The van der Waals surface area contributed by atoms with Crippen LogP contribution in [0.2, 0.25) is 0 Å². The number of halogens is 1. The van der Waals surface area contributed by atoms with Gasteiger partial charge in [-0.2, -0.15) is 0 Å². The van der Waals surface area contributed by atoms with Gasteiger partial charge in [0.2, 0.25) is 11.8 Å². The van der Waals surface area contributed by atoms with Gasteiger partial charge in [-0.1, -0.05) is 26.0 Å². The van der Waals surface area contributed by atoms with Gasteiger partial charge in [0.1, 0.15) is 12.4 Å². The van der Waals surface area contributed by atoms with Gasteiger partial charge in [0, 0.05) is 74.1 Å². The molecule has 4 heterocycles. The number of carbonyl (C=O) groups is 2. The van der Waals surface area contributed by atoms with E-state index in [1.807, 2.05) is 29.0 Å². The summed E-state index contributed by atoms with van der Waals surface area (Å²) in [4.78, 5) is 37.0. The summed E-state index contributed by atoms with van der Waals surface area (Å²) in [7, 11) is 0. The number of morpholine rings is 1. The first-order valence-electron chi connectivity index (χ1n) is 13.5. The van der Waals surface area contributed by atoms with Crippen molar-refractivity contribution >= 4 is 17.5 Å². The molecule has 3 aliphatic heterocycles. The van der Waals surface area contributed by atoms with Crippen LogP contribution >= 0.6 is 0 Å². The highest BCUT2D eigenvalue weighted by molar-refractivity contribution is 5.97. The number of nitrogens with one attached hydrogen (secondary N) is 1. The fourth-order valence-electron chi connectivity index (χ4n) is 5.79. The number of fused-ring (bicyclic) bond motifs is 1. The molecule has 2 aromatic rings. The van der Waals surface area contributed by atoms with E-state index in [-0.39, 0.29) is 54.4 Å². The van der Waals surface area contributed by atoms with E-state index in [2.05, 4.69) is 36.0 Å². The molecule has 1 N–H and O–H groups in total. The summed E-state index contributed by atoms with van der Waals surface area (Å²) in [6.45, 7) is 12.0. The molecule has 38 heavy (non-hydrogen) atoms. The fourth-order valence-corrected chi connectivity index (χ4v) is 5.79. The van der Waals surface area contributed by atoms with Crippen LogP contribution in [0.5, 0.6) is 0 Å². The quantitative estimate of drug-likeness (QED) is 0.627. The fraction of sp³-hybridized carbons (Fsp3) is 0.552. The maximum absolute atomic E-state index is 13.8. The van der Waals surface area contributed by atoms with Gasteiger partial charge in [0.15, 0.2) is 0 Å². The summed E-state index contributed by atoms with van der Waals surface area (Å²) in [6.07, 6.45) is 2.47. The van der Waals surface area contributed by atoms with Crippen molar-refractivity contribution in [2.24, 2.45) is 0 Å². The van der Waals surface area contributed by atoms with E-state index in [1.54, 1.807) is 12.1 Å². The Morgan fingerprint density at radius 2 is 1.97 bits per heavy atom. The summed E-state index contributed by atoms with van der Waals surface area (Å²) in [5, 5.41) is 3.52. The minimum atomic E-state index is -0.262. The molecule has 8 nitrogen and oxygen atoms in total. The Hall–Kier alpha value is -2.88. The van der Waals surface area contributed by atoms with Crippen LogP contribution < -0.4 is 10.2 Å². The molecule has 0 spiro atoms.